The molecule has 0 aliphatic heterocycles. The Balaban J connectivity index is 2.85. The molecule has 1 aromatic carbocycles. The molecule has 0 fully saturated rings. The number of nitrogens with one attached hydrogen (secondary N) is 1. The fraction of sp³-hybridized carbons (Fsp3) is 0.467. The number of benzene rings is 1. The molecule has 1 N–H and O–H groups in total. The maximum absolute atomic E-state index is 5.64. The fourth-order valence-corrected chi connectivity index (χ4v) is 1.70. The molecule has 0 bridgehead atoms. The fourth-order valence-electron chi connectivity index (χ4n) is 1.70. The lowest BCUT2D eigenvalue weighted by atomic mass is 10.1. The topological polar surface area (TPSA) is 30.5 Å². The zero-order chi connectivity index (χ0) is 13.5. The summed E-state index contributed by atoms with van der Waals surface area (Å²) in [4.78, 5) is 0. The van der Waals surface area contributed by atoms with Gasteiger partial charge in [0.2, 0.25) is 0 Å². The second-order valence-corrected chi connectivity index (χ2v) is 4.44. The maximum atomic E-state index is 5.64. The Kier molecular flexibility index (Phi) is 5.72. The predicted molar refractivity (Wildman–Crippen MR) is 75.4 cm³/mol. The van der Waals surface area contributed by atoms with E-state index in [0.29, 0.717) is 12.6 Å². The summed E-state index contributed by atoms with van der Waals surface area (Å²) in [6.45, 7) is 11.4. The van der Waals surface area contributed by atoms with Crippen molar-refractivity contribution in [1.82, 2.24) is 5.32 Å². The molecule has 0 aliphatic carbocycles. The Morgan fingerprint density at radius 3 is 2.67 bits per heavy atom. The summed E-state index contributed by atoms with van der Waals surface area (Å²) in [6, 6.07) is 6.33. The number of rotatable bonds is 7. The van der Waals surface area contributed by atoms with Crippen LogP contribution in [0.1, 0.15) is 32.4 Å². The Hall–Kier alpha value is -1.48. The monoisotopic (exact) mass is 249 g/mol. The molecule has 0 aliphatic rings. The minimum atomic E-state index is 0.305. The van der Waals surface area contributed by atoms with Crippen LogP contribution in [0.4, 0.5) is 0 Å². The molecule has 0 spiro atoms. The van der Waals surface area contributed by atoms with Gasteiger partial charge < -0.3 is 14.8 Å². The highest BCUT2D eigenvalue weighted by molar-refractivity contribution is 5.44. The molecule has 1 rings (SSSR count). The number of methoxy groups -OCH3 is 1. The largest absolute Gasteiger partial charge is 0.493 e. The van der Waals surface area contributed by atoms with Gasteiger partial charge in [-0.3, -0.25) is 0 Å². The summed E-state index contributed by atoms with van der Waals surface area (Å²) in [6.07, 6.45) is 0. The van der Waals surface area contributed by atoms with E-state index in [0.717, 1.165) is 23.6 Å². The van der Waals surface area contributed by atoms with E-state index >= 15 is 0 Å². The molecule has 3 heteroatoms. The van der Waals surface area contributed by atoms with Gasteiger partial charge in [-0.05, 0) is 43.7 Å². The Morgan fingerprint density at radius 1 is 1.39 bits per heavy atom. The van der Waals surface area contributed by atoms with Crippen molar-refractivity contribution in [2.45, 2.75) is 26.8 Å². The van der Waals surface area contributed by atoms with Crippen molar-refractivity contribution in [2.75, 3.05) is 20.3 Å². The summed E-state index contributed by atoms with van der Waals surface area (Å²) >= 11 is 0. The van der Waals surface area contributed by atoms with Crippen molar-refractivity contribution in [3.63, 3.8) is 0 Å². The first-order valence-electron chi connectivity index (χ1n) is 6.27. The first kappa shape index (κ1) is 14.6. The number of hydrogen-bond donors (Lipinski definition) is 1. The SMILES string of the molecule is C=C(C)COc1ccc(C(C)NCC)cc1OC. The summed E-state index contributed by atoms with van der Waals surface area (Å²) in [5.41, 5.74) is 2.18. The van der Waals surface area contributed by atoms with Crippen LogP contribution in [0.15, 0.2) is 30.4 Å². The van der Waals surface area contributed by atoms with Crippen LogP contribution in [0, 0.1) is 0 Å². The zero-order valence-electron chi connectivity index (χ0n) is 11.7. The van der Waals surface area contributed by atoms with E-state index in [9.17, 15) is 0 Å². The summed E-state index contributed by atoms with van der Waals surface area (Å²) < 4.78 is 11.0. The standard InChI is InChI=1S/C15H23NO2/c1-6-16-12(4)13-7-8-14(15(9-13)17-5)18-10-11(2)3/h7-9,12,16H,2,6,10H2,1,3-5H3. The lowest BCUT2D eigenvalue weighted by Crippen LogP contribution is -2.17. The molecule has 0 aromatic heterocycles. The zero-order valence-corrected chi connectivity index (χ0v) is 11.7. The molecule has 1 unspecified atom stereocenters. The molecule has 0 amide bonds. The molecular weight excluding hydrogens is 226 g/mol. The first-order chi connectivity index (χ1) is 8.58. The van der Waals surface area contributed by atoms with Crippen molar-refractivity contribution < 1.29 is 9.47 Å². The van der Waals surface area contributed by atoms with E-state index < -0.39 is 0 Å². The van der Waals surface area contributed by atoms with Gasteiger partial charge in [0.15, 0.2) is 11.5 Å². The Bertz CT molecular complexity index is 401. The third kappa shape index (κ3) is 4.08. The van der Waals surface area contributed by atoms with Crippen molar-refractivity contribution >= 4 is 0 Å². The molecule has 0 saturated heterocycles. The van der Waals surface area contributed by atoms with Crippen LogP contribution >= 0.6 is 0 Å². The van der Waals surface area contributed by atoms with E-state index in [4.69, 9.17) is 9.47 Å². The molecule has 0 radical (unpaired) electrons. The number of hydrogen-bond acceptors (Lipinski definition) is 3. The van der Waals surface area contributed by atoms with E-state index in [2.05, 4.69) is 31.8 Å². The average molecular weight is 249 g/mol. The summed E-state index contributed by atoms with van der Waals surface area (Å²) in [7, 11) is 1.66. The second-order valence-electron chi connectivity index (χ2n) is 4.44. The lowest BCUT2D eigenvalue weighted by molar-refractivity contribution is 0.319. The van der Waals surface area contributed by atoms with Crippen molar-refractivity contribution in [3.05, 3.63) is 35.9 Å². The smallest absolute Gasteiger partial charge is 0.161 e. The second kappa shape index (κ2) is 7.07. The molecule has 0 heterocycles. The highest BCUT2D eigenvalue weighted by Gasteiger charge is 2.09. The first-order valence-corrected chi connectivity index (χ1v) is 6.27. The van der Waals surface area contributed by atoms with Gasteiger partial charge in [0, 0.05) is 6.04 Å². The third-order valence-corrected chi connectivity index (χ3v) is 2.67. The molecule has 1 atom stereocenters. The van der Waals surface area contributed by atoms with Gasteiger partial charge in [0.1, 0.15) is 6.61 Å². The van der Waals surface area contributed by atoms with Gasteiger partial charge in [-0.1, -0.05) is 19.6 Å². The average Bonchev–Trinajstić information content (AvgIpc) is 2.36. The molecule has 18 heavy (non-hydrogen) atoms. The summed E-state index contributed by atoms with van der Waals surface area (Å²) in [5.74, 6) is 1.52. The molecular formula is C15H23NO2. The highest BCUT2D eigenvalue weighted by Crippen LogP contribution is 2.30. The minimum absolute atomic E-state index is 0.305. The normalized spacial score (nSPS) is 12.0. The van der Waals surface area contributed by atoms with E-state index in [1.165, 1.54) is 5.56 Å². The van der Waals surface area contributed by atoms with Crippen LogP contribution < -0.4 is 14.8 Å². The minimum Gasteiger partial charge on any atom is -0.493 e. The Morgan fingerprint density at radius 2 is 2.11 bits per heavy atom. The summed E-state index contributed by atoms with van der Waals surface area (Å²) in [5, 5.41) is 3.37. The van der Waals surface area contributed by atoms with Crippen LogP contribution in [0.5, 0.6) is 11.5 Å². The van der Waals surface area contributed by atoms with Crippen LogP contribution in [0.2, 0.25) is 0 Å². The maximum Gasteiger partial charge on any atom is 0.161 e. The van der Waals surface area contributed by atoms with Gasteiger partial charge in [-0.25, -0.2) is 0 Å². The lowest BCUT2D eigenvalue weighted by Gasteiger charge is -2.16. The van der Waals surface area contributed by atoms with E-state index in [1.807, 2.05) is 19.1 Å². The number of ether oxygens (including phenoxy) is 2. The molecule has 0 saturated carbocycles. The van der Waals surface area contributed by atoms with Crippen LogP contribution in [0.3, 0.4) is 0 Å². The van der Waals surface area contributed by atoms with Crippen LogP contribution in [-0.2, 0) is 0 Å². The molecule has 1 aromatic rings. The van der Waals surface area contributed by atoms with Crippen LogP contribution in [0.25, 0.3) is 0 Å². The van der Waals surface area contributed by atoms with Crippen molar-refractivity contribution in [1.29, 1.82) is 0 Å². The van der Waals surface area contributed by atoms with Crippen LogP contribution in [-0.4, -0.2) is 20.3 Å². The third-order valence-electron chi connectivity index (χ3n) is 2.67. The van der Waals surface area contributed by atoms with Gasteiger partial charge in [0.25, 0.3) is 0 Å². The highest BCUT2D eigenvalue weighted by atomic mass is 16.5. The van der Waals surface area contributed by atoms with Gasteiger partial charge in [-0.2, -0.15) is 0 Å². The van der Waals surface area contributed by atoms with Gasteiger partial charge in [0.05, 0.1) is 7.11 Å². The molecule has 3 nitrogen and oxygen atoms in total. The van der Waals surface area contributed by atoms with Gasteiger partial charge in [-0.15, -0.1) is 0 Å². The Labute approximate surface area is 110 Å². The van der Waals surface area contributed by atoms with E-state index in [1.54, 1.807) is 7.11 Å². The van der Waals surface area contributed by atoms with Crippen molar-refractivity contribution in [3.8, 4) is 11.5 Å². The predicted octanol–water partition coefficient (Wildman–Crippen LogP) is 3.32. The molecule has 100 valence electrons. The van der Waals surface area contributed by atoms with E-state index in [-0.39, 0.29) is 0 Å². The van der Waals surface area contributed by atoms with Gasteiger partial charge >= 0.3 is 0 Å². The quantitative estimate of drug-likeness (QED) is 0.752. The van der Waals surface area contributed by atoms with Crippen molar-refractivity contribution in [2.24, 2.45) is 0 Å².